The Bertz CT molecular complexity index is 397. The molecule has 1 aromatic rings. The first-order valence-corrected chi connectivity index (χ1v) is 5.82. The van der Waals surface area contributed by atoms with Gasteiger partial charge in [-0.3, -0.25) is 0 Å². The van der Waals surface area contributed by atoms with Crippen LogP contribution >= 0.6 is 15.9 Å². The Hall–Kier alpha value is -1.07. The lowest BCUT2D eigenvalue weighted by Gasteiger charge is -2.10. The number of carbonyl (C=O) groups excluding carboxylic acids is 1. The maximum absolute atomic E-state index is 11.4. The van der Waals surface area contributed by atoms with Crippen LogP contribution in [-0.2, 0) is 4.74 Å². The van der Waals surface area contributed by atoms with Gasteiger partial charge in [0.25, 0.3) is 0 Å². The molecule has 16 heavy (non-hydrogen) atoms. The summed E-state index contributed by atoms with van der Waals surface area (Å²) in [6, 6.07) is 7.68. The van der Waals surface area contributed by atoms with Crippen LogP contribution in [0, 0.1) is 0 Å². The van der Waals surface area contributed by atoms with E-state index in [0.29, 0.717) is 13.1 Å². The Morgan fingerprint density at radius 3 is 3.06 bits per heavy atom. The quantitative estimate of drug-likeness (QED) is 0.923. The average molecular weight is 286 g/mol. The van der Waals surface area contributed by atoms with Gasteiger partial charge in [0.2, 0.25) is 0 Å². The van der Waals surface area contributed by atoms with E-state index < -0.39 is 0 Å². The van der Waals surface area contributed by atoms with Crippen LogP contribution in [-0.4, -0.2) is 35.8 Å². The van der Waals surface area contributed by atoms with Crippen LogP contribution in [0.15, 0.2) is 28.7 Å². The molecule has 1 heterocycles. The summed E-state index contributed by atoms with van der Waals surface area (Å²) in [6.07, 6.45) is -0.601. The number of hydrogen-bond donors (Lipinski definition) is 1. The Kier molecular flexibility index (Phi) is 3.46. The predicted octanol–water partition coefficient (Wildman–Crippen LogP) is 1.93. The number of hydrogen-bond acceptors (Lipinski definition) is 3. The summed E-state index contributed by atoms with van der Waals surface area (Å²) in [5, 5.41) is 8.79. The van der Waals surface area contributed by atoms with E-state index in [4.69, 9.17) is 9.84 Å². The zero-order valence-corrected chi connectivity index (χ0v) is 10.2. The van der Waals surface area contributed by atoms with Gasteiger partial charge in [0.05, 0.1) is 13.2 Å². The first-order chi connectivity index (χ1) is 7.70. The number of amides is 1. The van der Waals surface area contributed by atoms with Gasteiger partial charge < -0.3 is 14.7 Å². The highest BCUT2D eigenvalue weighted by atomic mass is 79.9. The van der Waals surface area contributed by atoms with E-state index in [1.807, 2.05) is 24.3 Å². The molecule has 0 radical (unpaired) electrons. The van der Waals surface area contributed by atoms with Crippen molar-refractivity contribution >= 4 is 22.0 Å². The number of benzene rings is 1. The molecular weight excluding hydrogens is 274 g/mol. The Labute approximate surface area is 102 Å². The minimum Gasteiger partial charge on any atom is -0.439 e. The fourth-order valence-corrected chi connectivity index (χ4v) is 2.11. The van der Waals surface area contributed by atoms with Gasteiger partial charge in [-0.2, -0.15) is 0 Å². The van der Waals surface area contributed by atoms with Gasteiger partial charge in [-0.25, -0.2) is 4.79 Å². The first-order valence-electron chi connectivity index (χ1n) is 5.02. The summed E-state index contributed by atoms with van der Waals surface area (Å²) in [4.78, 5) is 12.9. The van der Waals surface area contributed by atoms with E-state index in [0.717, 1.165) is 10.0 Å². The molecule has 0 bridgehead atoms. The van der Waals surface area contributed by atoms with Crippen molar-refractivity contribution in [3.8, 4) is 0 Å². The van der Waals surface area contributed by atoms with Crippen molar-refractivity contribution < 1.29 is 14.6 Å². The van der Waals surface area contributed by atoms with Crippen molar-refractivity contribution in [1.29, 1.82) is 0 Å². The van der Waals surface area contributed by atoms with Gasteiger partial charge >= 0.3 is 6.09 Å². The minimum atomic E-state index is -0.362. The molecule has 0 aliphatic carbocycles. The molecule has 1 aliphatic heterocycles. The third kappa shape index (κ3) is 2.36. The van der Waals surface area contributed by atoms with Crippen LogP contribution in [0.4, 0.5) is 4.79 Å². The van der Waals surface area contributed by atoms with Crippen molar-refractivity contribution in [3.05, 3.63) is 34.3 Å². The van der Waals surface area contributed by atoms with Gasteiger partial charge in [0.15, 0.2) is 0 Å². The van der Waals surface area contributed by atoms with Crippen LogP contribution < -0.4 is 0 Å². The topological polar surface area (TPSA) is 49.8 Å². The maximum atomic E-state index is 11.4. The van der Waals surface area contributed by atoms with Crippen LogP contribution in [0.1, 0.15) is 11.7 Å². The number of ether oxygens (including phenoxy) is 1. The normalized spacial score (nSPS) is 20.0. The molecule has 86 valence electrons. The Balaban J connectivity index is 2.10. The lowest BCUT2D eigenvalue weighted by Crippen LogP contribution is -2.27. The molecule has 1 fully saturated rings. The fraction of sp³-hybridized carbons (Fsp3) is 0.364. The third-order valence-electron chi connectivity index (χ3n) is 2.48. The van der Waals surface area contributed by atoms with Crippen LogP contribution in [0.2, 0.25) is 0 Å². The van der Waals surface area contributed by atoms with Crippen LogP contribution in [0.5, 0.6) is 0 Å². The number of rotatable bonds is 3. The van der Waals surface area contributed by atoms with Gasteiger partial charge in [-0.05, 0) is 17.7 Å². The summed E-state index contributed by atoms with van der Waals surface area (Å²) in [6.45, 7) is 0.777. The summed E-state index contributed by atoms with van der Waals surface area (Å²) >= 11 is 3.38. The minimum absolute atomic E-state index is 0.0414. The number of aliphatic hydroxyl groups is 1. The molecule has 1 atom stereocenters. The number of aliphatic hydroxyl groups excluding tert-OH is 1. The second-order valence-corrected chi connectivity index (χ2v) is 4.51. The van der Waals surface area contributed by atoms with Crippen LogP contribution in [0.3, 0.4) is 0 Å². The molecule has 1 aromatic carbocycles. The lowest BCUT2D eigenvalue weighted by molar-refractivity contribution is 0.130. The zero-order chi connectivity index (χ0) is 11.5. The second-order valence-electron chi connectivity index (χ2n) is 3.60. The van der Waals surface area contributed by atoms with Gasteiger partial charge in [-0.1, -0.05) is 28.1 Å². The predicted molar refractivity (Wildman–Crippen MR) is 62.0 cm³/mol. The molecular formula is C11H12BrNO3. The van der Waals surface area contributed by atoms with Gasteiger partial charge in [0.1, 0.15) is 6.10 Å². The highest BCUT2D eigenvalue weighted by Crippen LogP contribution is 2.27. The third-order valence-corrected chi connectivity index (χ3v) is 2.97. The van der Waals surface area contributed by atoms with E-state index in [1.165, 1.54) is 4.90 Å². The number of β-amino-alcohol motifs (C(OH)–C–C–N with tert-alkyl or cyclic N) is 1. The molecule has 0 aromatic heterocycles. The van der Waals surface area contributed by atoms with E-state index >= 15 is 0 Å². The van der Waals surface area contributed by atoms with Gasteiger partial charge in [-0.15, -0.1) is 0 Å². The molecule has 5 heteroatoms. The van der Waals surface area contributed by atoms with E-state index in [1.54, 1.807) is 0 Å². The monoisotopic (exact) mass is 285 g/mol. The average Bonchev–Trinajstić information content (AvgIpc) is 2.61. The molecule has 0 spiro atoms. The van der Waals surface area contributed by atoms with Crippen molar-refractivity contribution in [1.82, 2.24) is 4.90 Å². The molecule has 1 saturated heterocycles. The second kappa shape index (κ2) is 4.84. The molecule has 1 amide bonds. The highest BCUT2D eigenvalue weighted by Gasteiger charge is 2.31. The summed E-state index contributed by atoms with van der Waals surface area (Å²) in [5.41, 5.74) is 0.961. The number of cyclic esters (lactones) is 1. The van der Waals surface area contributed by atoms with Crippen LogP contribution in [0.25, 0.3) is 0 Å². The van der Waals surface area contributed by atoms with Crippen molar-refractivity contribution in [3.63, 3.8) is 0 Å². The maximum Gasteiger partial charge on any atom is 0.410 e. The van der Waals surface area contributed by atoms with Crippen molar-refractivity contribution in [2.45, 2.75) is 6.10 Å². The Morgan fingerprint density at radius 2 is 2.38 bits per heavy atom. The first kappa shape index (κ1) is 11.4. The number of halogens is 1. The van der Waals surface area contributed by atoms with Crippen molar-refractivity contribution in [2.75, 3.05) is 19.7 Å². The zero-order valence-electron chi connectivity index (χ0n) is 8.60. The largest absolute Gasteiger partial charge is 0.439 e. The molecule has 1 unspecified atom stereocenters. The summed E-state index contributed by atoms with van der Waals surface area (Å²) in [5.74, 6) is 0. The molecule has 0 saturated carbocycles. The SMILES string of the molecule is O=C1OC(c2cccc(Br)c2)CN1CCO. The smallest absolute Gasteiger partial charge is 0.410 e. The van der Waals surface area contributed by atoms with E-state index in [-0.39, 0.29) is 18.8 Å². The fourth-order valence-electron chi connectivity index (χ4n) is 1.69. The molecule has 1 N–H and O–H groups in total. The summed E-state index contributed by atoms with van der Waals surface area (Å²) < 4.78 is 6.18. The van der Waals surface area contributed by atoms with Crippen molar-refractivity contribution in [2.24, 2.45) is 0 Å². The van der Waals surface area contributed by atoms with Gasteiger partial charge in [0, 0.05) is 11.0 Å². The standard InChI is InChI=1S/C11H12BrNO3/c12-9-3-1-2-8(6-9)10-7-13(4-5-14)11(15)16-10/h1-3,6,10,14H,4-5,7H2. The van der Waals surface area contributed by atoms with E-state index in [9.17, 15) is 4.79 Å². The lowest BCUT2D eigenvalue weighted by atomic mass is 10.1. The highest BCUT2D eigenvalue weighted by molar-refractivity contribution is 9.10. The summed E-state index contributed by atoms with van der Waals surface area (Å²) in [7, 11) is 0. The Morgan fingerprint density at radius 1 is 1.56 bits per heavy atom. The number of carbonyl (C=O) groups is 1. The molecule has 1 aliphatic rings. The molecule has 4 nitrogen and oxygen atoms in total. The molecule has 2 rings (SSSR count). The number of nitrogens with zero attached hydrogens (tertiary/aromatic N) is 1. The van der Waals surface area contributed by atoms with E-state index in [2.05, 4.69) is 15.9 Å².